The molecular formula is C16H22ClN3O. The summed E-state index contributed by atoms with van der Waals surface area (Å²) in [5, 5.41) is 18.8. The zero-order valence-corrected chi connectivity index (χ0v) is 12.9. The third kappa shape index (κ3) is 3.39. The molecule has 0 aliphatic carbocycles. The monoisotopic (exact) mass is 307 g/mol. The van der Waals surface area contributed by atoms with Crippen molar-refractivity contribution in [2.75, 3.05) is 19.6 Å². The highest BCUT2D eigenvalue weighted by molar-refractivity contribution is 6.36. The first-order valence-corrected chi connectivity index (χ1v) is 8.15. The average molecular weight is 308 g/mol. The molecule has 0 radical (unpaired) electrons. The van der Waals surface area contributed by atoms with Gasteiger partial charge in [-0.15, -0.1) is 0 Å². The van der Waals surface area contributed by atoms with Gasteiger partial charge in [0.1, 0.15) is 0 Å². The summed E-state index contributed by atoms with van der Waals surface area (Å²) in [5.74, 6) is 0. The summed E-state index contributed by atoms with van der Waals surface area (Å²) in [6, 6.07) is 3.83. The number of aromatic nitrogens is 2. The summed E-state index contributed by atoms with van der Waals surface area (Å²) in [6.45, 7) is 3.24. The number of aromatic amines is 1. The van der Waals surface area contributed by atoms with Crippen LogP contribution in [0.15, 0.2) is 18.3 Å². The number of benzene rings is 1. The van der Waals surface area contributed by atoms with Gasteiger partial charge in [0, 0.05) is 11.9 Å². The van der Waals surface area contributed by atoms with Crippen LogP contribution in [0.1, 0.15) is 43.8 Å². The summed E-state index contributed by atoms with van der Waals surface area (Å²) < 4.78 is 0. The third-order valence-corrected chi connectivity index (χ3v) is 4.79. The molecule has 3 rings (SSSR count). The first-order valence-electron chi connectivity index (χ1n) is 7.77. The second-order valence-electron chi connectivity index (χ2n) is 5.86. The Morgan fingerprint density at radius 3 is 2.76 bits per heavy atom. The van der Waals surface area contributed by atoms with Crippen LogP contribution in [0.5, 0.6) is 0 Å². The normalized spacial score (nSPS) is 18.8. The van der Waals surface area contributed by atoms with Gasteiger partial charge in [0.15, 0.2) is 0 Å². The summed E-state index contributed by atoms with van der Waals surface area (Å²) in [5.41, 5.74) is 1.71. The second-order valence-corrected chi connectivity index (χ2v) is 6.24. The van der Waals surface area contributed by atoms with Crippen molar-refractivity contribution in [3.8, 4) is 0 Å². The molecule has 2 N–H and O–H groups in total. The highest BCUT2D eigenvalue weighted by Gasteiger charge is 2.16. The van der Waals surface area contributed by atoms with Gasteiger partial charge in [0.25, 0.3) is 0 Å². The molecule has 21 heavy (non-hydrogen) atoms. The fraction of sp³-hybridized carbons (Fsp3) is 0.562. The number of halogens is 1. The third-order valence-electron chi connectivity index (χ3n) is 4.36. The Morgan fingerprint density at radius 1 is 1.24 bits per heavy atom. The van der Waals surface area contributed by atoms with E-state index in [9.17, 15) is 5.11 Å². The number of nitrogens with one attached hydrogen (secondary N) is 1. The standard InChI is InChI=1S/C16H22ClN3O/c17-16-12(5-6-14-13(16)11-18-19-14)15(21)7-10-20-8-3-1-2-4-9-20/h5-6,11,15,21H,1-4,7-10H2,(H,18,19). The Bertz CT molecular complexity index is 590. The summed E-state index contributed by atoms with van der Waals surface area (Å²) in [4.78, 5) is 2.46. The van der Waals surface area contributed by atoms with E-state index in [1.54, 1.807) is 6.20 Å². The molecule has 2 heterocycles. The molecule has 1 aromatic heterocycles. The maximum absolute atomic E-state index is 10.5. The van der Waals surface area contributed by atoms with Crippen LogP contribution >= 0.6 is 11.6 Å². The van der Waals surface area contributed by atoms with Crippen LogP contribution in [0.25, 0.3) is 10.9 Å². The molecule has 0 amide bonds. The van der Waals surface area contributed by atoms with Crippen molar-refractivity contribution >= 4 is 22.5 Å². The van der Waals surface area contributed by atoms with E-state index in [1.807, 2.05) is 12.1 Å². The largest absolute Gasteiger partial charge is 0.388 e. The van der Waals surface area contributed by atoms with Gasteiger partial charge in [0.05, 0.1) is 22.8 Å². The molecule has 1 aliphatic rings. The molecule has 1 fully saturated rings. The average Bonchev–Trinajstić information content (AvgIpc) is 2.82. The lowest BCUT2D eigenvalue weighted by Gasteiger charge is -2.22. The summed E-state index contributed by atoms with van der Waals surface area (Å²) >= 11 is 6.39. The van der Waals surface area contributed by atoms with E-state index in [2.05, 4.69) is 15.1 Å². The zero-order chi connectivity index (χ0) is 14.7. The Kier molecular flexibility index (Phi) is 4.78. The van der Waals surface area contributed by atoms with Crippen LogP contribution in [-0.2, 0) is 0 Å². The first-order chi connectivity index (χ1) is 10.3. The fourth-order valence-electron chi connectivity index (χ4n) is 3.08. The number of H-pyrrole nitrogens is 1. The number of fused-ring (bicyclic) bond motifs is 1. The minimum Gasteiger partial charge on any atom is -0.388 e. The molecule has 2 aromatic rings. The lowest BCUT2D eigenvalue weighted by molar-refractivity contribution is 0.143. The number of likely N-dealkylation sites (tertiary alicyclic amines) is 1. The van der Waals surface area contributed by atoms with E-state index in [1.165, 1.54) is 25.7 Å². The molecule has 0 saturated carbocycles. The van der Waals surface area contributed by atoms with E-state index < -0.39 is 6.10 Å². The molecule has 5 heteroatoms. The van der Waals surface area contributed by atoms with Crippen LogP contribution in [0, 0.1) is 0 Å². The predicted octanol–water partition coefficient (Wildman–Crippen LogP) is 3.52. The van der Waals surface area contributed by atoms with Crippen LogP contribution in [0.4, 0.5) is 0 Å². The molecule has 1 unspecified atom stereocenters. The lowest BCUT2D eigenvalue weighted by Crippen LogP contribution is -2.26. The molecule has 114 valence electrons. The zero-order valence-electron chi connectivity index (χ0n) is 12.2. The van der Waals surface area contributed by atoms with Crippen LogP contribution in [0.2, 0.25) is 5.02 Å². The molecule has 0 bridgehead atoms. The van der Waals surface area contributed by atoms with Crippen molar-refractivity contribution in [1.29, 1.82) is 0 Å². The maximum Gasteiger partial charge on any atom is 0.0816 e. The molecule has 1 atom stereocenters. The number of hydrogen-bond acceptors (Lipinski definition) is 3. The van der Waals surface area contributed by atoms with Crippen molar-refractivity contribution in [2.45, 2.75) is 38.2 Å². The van der Waals surface area contributed by atoms with Crippen LogP contribution in [0.3, 0.4) is 0 Å². The van der Waals surface area contributed by atoms with Gasteiger partial charge in [-0.2, -0.15) is 5.10 Å². The number of rotatable bonds is 4. The predicted molar refractivity (Wildman–Crippen MR) is 85.6 cm³/mol. The highest BCUT2D eigenvalue weighted by Crippen LogP contribution is 2.31. The van der Waals surface area contributed by atoms with E-state index in [4.69, 9.17) is 11.6 Å². The topological polar surface area (TPSA) is 52.1 Å². The first kappa shape index (κ1) is 14.8. The molecule has 1 aliphatic heterocycles. The van der Waals surface area contributed by atoms with Gasteiger partial charge >= 0.3 is 0 Å². The summed E-state index contributed by atoms with van der Waals surface area (Å²) in [6.07, 6.45) is 7.14. The van der Waals surface area contributed by atoms with Crippen molar-refractivity contribution in [1.82, 2.24) is 15.1 Å². The second kappa shape index (κ2) is 6.77. The van der Waals surface area contributed by atoms with Gasteiger partial charge in [-0.05, 0) is 44.0 Å². The van der Waals surface area contributed by atoms with Crippen LogP contribution < -0.4 is 0 Å². The fourth-order valence-corrected chi connectivity index (χ4v) is 3.42. The smallest absolute Gasteiger partial charge is 0.0816 e. The van der Waals surface area contributed by atoms with E-state index in [0.29, 0.717) is 5.02 Å². The van der Waals surface area contributed by atoms with Gasteiger partial charge in [0.2, 0.25) is 0 Å². The summed E-state index contributed by atoms with van der Waals surface area (Å²) in [7, 11) is 0. The Hall–Kier alpha value is -1.10. The molecule has 1 saturated heterocycles. The van der Waals surface area contributed by atoms with E-state index >= 15 is 0 Å². The van der Waals surface area contributed by atoms with E-state index in [0.717, 1.165) is 42.5 Å². The van der Waals surface area contributed by atoms with Gasteiger partial charge in [-0.1, -0.05) is 30.5 Å². The van der Waals surface area contributed by atoms with Gasteiger partial charge < -0.3 is 10.0 Å². The Labute approximate surface area is 130 Å². The SMILES string of the molecule is OC(CCN1CCCCCC1)c1ccc2[nH]ncc2c1Cl. The quantitative estimate of drug-likeness (QED) is 0.908. The Morgan fingerprint density at radius 2 is 2.00 bits per heavy atom. The number of aliphatic hydroxyl groups is 1. The van der Waals surface area contributed by atoms with Crippen molar-refractivity contribution in [3.63, 3.8) is 0 Å². The minimum absolute atomic E-state index is 0.514. The molecule has 0 spiro atoms. The lowest BCUT2D eigenvalue weighted by atomic mass is 10.0. The van der Waals surface area contributed by atoms with Gasteiger partial charge in [-0.25, -0.2) is 0 Å². The van der Waals surface area contributed by atoms with E-state index in [-0.39, 0.29) is 0 Å². The number of nitrogens with zero attached hydrogens (tertiary/aromatic N) is 2. The highest BCUT2D eigenvalue weighted by atomic mass is 35.5. The molecular weight excluding hydrogens is 286 g/mol. The maximum atomic E-state index is 10.5. The number of hydrogen-bond donors (Lipinski definition) is 2. The van der Waals surface area contributed by atoms with Crippen molar-refractivity contribution in [2.24, 2.45) is 0 Å². The van der Waals surface area contributed by atoms with Crippen molar-refractivity contribution < 1.29 is 5.11 Å². The molecule has 1 aromatic carbocycles. The van der Waals surface area contributed by atoms with Crippen molar-refractivity contribution in [3.05, 3.63) is 28.9 Å². The van der Waals surface area contributed by atoms with Crippen LogP contribution in [-0.4, -0.2) is 39.8 Å². The number of aliphatic hydroxyl groups excluding tert-OH is 1. The minimum atomic E-state index is -0.514. The van der Waals surface area contributed by atoms with Gasteiger partial charge in [-0.3, -0.25) is 5.10 Å². The Balaban J connectivity index is 1.65. The molecule has 4 nitrogen and oxygen atoms in total.